The molecular weight excluding hydrogens is 226 g/mol. The van der Waals surface area contributed by atoms with Gasteiger partial charge in [-0.15, -0.1) is 0 Å². The van der Waals surface area contributed by atoms with Crippen molar-refractivity contribution in [3.05, 3.63) is 18.0 Å². The monoisotopic (exact) mass is 251 g/mol. The van der Waals surface area contributed by atoms with Crippen molar-refractivity contribution in [3.63, 3.8) is 0 Å². The number of hydrogen-bond donors (Lipinski definition) is 1. The molecule has 0 aliphatic heterocycles. The standard InChI is InChI=1S/C14H25N3O/c1-3-18-14(7-5-4-6-8-14)13(15)9-12-10-16-17(2)11-12/h10-11,13H,3-9,15H2,1-2H3. The summed E-state index contributed by atoms with van der Waals surface area (Å²) in [6.07, 6.45) is 10.8. The molecule has 1 fully saturated rings. The van der Waals surface area contributed by atoms with Gasteiger partial charge in [-0.3, -0.25) is 4.68 Å². The third-order valence-corrected chi connectivity index (χ3v) is 4.02. The van der Waals surface area contributed by atoms with Crippen LogP contribution >= 0.6 is 0 Å². The van der Waals surface area contributed by atoms with Gasteiger partial charge in [0.15, 0.2) is 0 Å². The maximum absolute atomic E-state index is 6.45. The zero-order valence-electron chi connectivity index (χ0n) is 11.6. The van der Waals surface area contributed by atoms with Gasteiger partial charge < -0.3 is 10.5 Å². The Labute approximate surface area is 110 Å². The van der Waals surface area contributed by atoms with Gasteiger partial charge in [-0.2, -0.15) is 5.10 Å². The minimum Gasteiger partial charge on any atom is -0.374 e. The number of aryl methyl sites for hydroxylation is 1. The summed E-state index contributed by atoms with van der Waals surface area (Å²) in [5, 5.41) is 4.20. The van der Waals surface area contributed by atoms with Crippen LogP contribution in [0.1, 0.15) is 44.6 Å². The van der Waals surface area contributed by atoms with E-state index in [2.05, 4.69) is 12.0 Å². The van der Waals surface area contributed by atoms with Crippen molar-refractivity contribution in [2.24, 2.45) is 12.8 Å². The van der Waals surface area contributed by atoms with E-state index in [4.69, 9.17) is 10.5 Å². The molecule has 1 aromatic rings. The molecule has 102 valence electrons. The fraction of sp³-hybridized carbons (Fsp3) is 0.786. The molecule has 2 rings (SSSR count). The van der Waals surface area contributed by atoms with E-state index >= 15 is 0 Å². The maximum Gasteiger partial charge on any atom is 0.0835 e. The summed E-state index contributed by atoms with van der Waals surface area (Å²) in [5.41, 5.74) is 7.54. The van der Waals surface area contributed by atoms with Crippen molar-refractivity contribution in [2.75, 3.05) is 6.61 Å². The van der Waals surface area contributed by atoms with E-state index < -0.39 is 0 Å². The van der Waals surface area contributed by atoms with Crippen LogP contribution in [0.2, 0.25) is 0 Å². The molecule has 0 saturated heterocycles. The van der Waals surface area contributed by atoms with Crippen LogP contribution < -0.4 is 5.73 Å². The zero-order chi connectivity index (χ0) is 13.0. The molecule has 1 atom stereocenters. The highest BCUT2D eigenvalue weighted by Crippen LogP contribution is 2.34. The molecule has 1 unspecified atom stereocenters. The molecule has 2 N–H and O–H groups in total. The second-order valence-electron chi connectivity index (χ2n) is 5.39. The van der Waals surface area contributed by atoms with Crippen molar-refractivity contribution >= 4 is 0 Å². The highest BCUT2D eigenvalue weighted by atomic mass is 16.5. The van der Waals surface area contributed by atoms with E-state index in [1.54, 1.807) is 0 Å². The summed E-state index contributed by atoms with van der Waals surface area (Å²) >= 11 is 0. The van der Waals surface area contributed by atoms with Gasteiger partial charge in [0, 0.05) is 25.9 Å². The van der Waals surface area contributed by atoms with Crippen LogP contribution in [-0.4, -0.2) is 28.0 Å². The van der Waals surface area contributed by atoms with Crippen LogP contribution in [0.3, 0.4) is 0 Å². The molecule has 4 nitrogen and oxygen atoms in total. The first-order valence-electron chi connectivity index (χ1n) is 7.03. The first-order chi connectivity index (χ1) is 8.66. The largest absolute Gasteiger partial charge is 0.374 e. The lowest BCUT2D eigenvalue weighted by Gasteiger charge is -2.41. The third kappa shape index (κ3) is 2.93. The highest BCUT2D eigenvalue weighted by Gasteiger charge is 2.38. The minimum absolute atomic E-state index is 0.0712. The second kappa shape index (κ2) is 5.85. The molecule has 0 amide bonds. The van der Waals surface area contributed by atoms with Gasteiger partial charge in [-0.05, 0) is 31.7 Å². The van der Waals surface area contributed by atoms with E-state index in [1.165, 1.54) is 24.8 Å². The Morgan fingerprint density at radius 3 is 2.72 bits per heavy atom. The second-order valence-corrected chi connectivity index (χ2v) is 5.39. The van der Waals surface area contributed by atoms with Crippen LogP contribution in [0.4, 0.5) is 0 Å². The summed E-state index contributed by atoms with van der Waals surface area (Å²) in [6.45, 7) is 2.81. The predicted molar refractivity (Wildman–Crippen MR) is 72.3 cm³/mol. The topological polar surface area (TPSA) is 53.1 Å². The lowest BCUT2D eigenvalue weighted by atomic mass is 9.77. The van der Waals surface area contributed by atoms with Gasteiger partial charge in [0.2, 0.25) is 0 Å². The van der Waals surface area contributed by atoms with Crippen LogP contribution in [0, 0.1) is 0 Å². The molecule has 1 heterocycles. The van der Waals surface area contributed by atoms with Gasteiger partial charge >= 0.3 is 0 Å². The number of nitrogens with two attached hydrogens (primary N) is 1. The quantitative estimate of drug-likeness (QED) is 0.871. The van der Waals surface area contributed by atoms with Gasteiger partial charge in [0.05, 0.1) is 11.8 Å². The normalized spacial score (nSPS) is 20.8. The highest BCUT2D eigenvalue weighted by molar-refractivity contribution is 5.09. The number of aromatic nitrogens is 2. The Kier molecular flexibility index (Phi) is 4.40. The van der Waals surface area contributed by atoms with Gasteiger partial charge in [-0.25, -0.2) is 0 Å². The molecule has 0 spiro atoms. The van der Waals surface area contributed by atoms with E-state index in [0.29, 0.717) is 0 Å². The molecule has 1 aromatic heterocycles. The molecule has 1 aliphatic carbocycles. The maximum atomic E-state index is 6.45. The summed E-state index contributed by atoms with van der Waals surface area (Å²) in [4.78, 5) is 0. The number of ether oxygens (including phenoxy) is 1. The Bertz CT molecular complexity index is 363. The number of hydrogen-bond acceptors (Lipinski definition) is 3. The minimum atomic E-state index is -0.108. The Hall–Kier alpha value is -0.870. The van der Waals surface area contributed by atoms with Crippen molar-refractivity contribution < 1.29 is 4.74 Å². The van der Waals surface area contributed by atoms with Crippen molar-refractivity contribution in [1.29, 1.82) is 0 Å². The van der Waals surface area contributed by atoms with E-state index in [1.807, 2.05) is 24.1 Å². The smallest absolute Gasteiger partial charge is 0.0835 e. The lowest BCUT2D eigenvalue weighted by Crippen LogP contribution is -2.52. The van der Waals surface area contributed by atoms with Crippen molar-refractivity contribution in [3.8, 4) is 0 Å². The average Bonchev–Trinajstić information content (AvgIpc) is 2.76. The lowest BCUT2D eigenvalue weighted by molar-refractivity contribution is -0.0817. The molecule has 0 aromatic carbocycles. The summed E-state index contributed by atoms with van der Waals surface area (Å²) < 4.78 is 7.89. The zero-order valence-corrected chi connectivity index (χ0v) is 11.6. The molecular formula is C14H25N3O. The van der Waals surface area contributed by atoms with Crippen molar-refractivity contribution in [1.82, 2.24) is 9.78 Å². The van der Waals surface area contributed by atoms with Gasteiger partial charge in [-0.1, -0.05) is 19.3 Å². The van der Waals surface area contributed by atoms with E-state index in [-0.39, 0.29) is 11.6 Å². The predicted octanol–water partition coefficient (Wildman–Crippen LogP) is 2.03. The first-order valence-corrected chi connectivity index (χ1v) is 7.03. The van der Waals surface area contributed by atoms with Crippen LogP contribution in [0.25, 0.3) is 0 Å². The van der Waals surface area contributed by atoms with Gasteiger partial charge in [0.25, 0.3) is 0 Å². The van der Waals surface area contributed by atoms with Gasteiger partial charge in [0.1, 0.15) is 0 Å². The van der Waals surface area contributed by atoms with Crippen LogP contribution in [0.15, 0.2) is 12.4 Å². The van der Waals surface area contributed by atoms with Crippen molar-refractivity contribution in [2.45, 2.75) is 57.1 Å². The fourth-order valence-corrected chi connectivity index (χ4v) is 3.08. The molecule has 0 bridgehead atoms. The van der Waals surface area contributed by atoms with E-state index in [9.17, 15) is 0 Å². The third-order valence-electron chi connectivity index (χ3n) is 4.02. The summed E-state index contributed by atoms with van der Waals surface area (Å²) in [5.74, 6) is 0. The molecule has 1 saturated carbocycles. The summed E-state index contributed by atoms with van der Waals surface area (Å²) in [7, 11) is 1.94. The first kappa shape index (κ1) is 13.6. The number of rotatable bonds is 5. The Morgan fingerprint density at radius 1 is 1.44 bits per heavy atom. The Morgan fingerprint density at radius 2 is 2.17 bits per heavy atom. The Balaban J connectivity index is 2.05. The van der Waals surface area contributed by atoms with Crippen LogP contribution in [-0.2, 0) is 18.2 Å². The molecule has 18 heavy (non-hydrogen) atoms. The number of nitrogens with zero attached hydrogens (tertiary/aromatic N) is 2. The van der Waals surface area contributed by atoms with E-state index in [0.717, 1.165) is 25.9 Å². The van der Waals surface area contributed by atoms with Crippen LogP contribution in [0.5, 0.6) is 0 Å². The SMILES string of the molecule is CCOC1(C(N)Cc2cnn(C)c2)CCCCC1. The average molecular weight is 251 g/mol. The summed E-state index contributed by atoms with van der Waals surface area (Å²) in [6, 6.07) is 0.0712. The molecule has 1 aliphatic rings. The molecule has 4 heteroatoms. The molecule has 0 radical (unpaired) electrons. The fourth-order valence-electron chi connectivity index (χ4n) is 3.08.